The number of aryl methyl sites for hydroxylation is 1. The van der Waals surface area contributed by atoms with Crippen molar-refractivity contribution in [2.75, 3.05) is 6.54 Å². The van der Waals surface area contributed by atoms with Crippen LogP contribution in [0.5, 0.6) is 0 Å². The van der Waals surface area contributed by atoms with Crippen LogP contribution in [0.25, 0.3) is 10.9 Å². The van der Waals surface area contributed by atoms with Crippen molar-refractivity contribution in [2.45, 2.75) is 19.4 Å². The molecule has 3 heterocycles. The molecule has 0 spiro atoms. The van der Waals surface area contributed by atoms with Crippen molar-refractivity contribution >= 4 is 16.9 Å². The van der Waals surface area contributed by atoms with E-state index in [-0.39, 0.29) is 11.7 Å². The van der Waals surface area contributed by atoms with Gasteiger partial charge < -0.3 is 20.4 Å². The zero-order valence-corrected chi connectivity index (χ0v) is 12.1. The fourth-order valence-corrected chi connectivity index (χ4v) is 3.25. The molecule has 22 heavy (non-hydrogen) atoms. The SMILES string of the molecule is Cc1ccc2[nH]c(C(=O)O)c([C@H]3NCCc4[nH]cnc43)c2c1. The summed E-state index contributed by atoms with van der Waals surface area (Å²) in [6.07, 6.45) is 2.54. The molecule has 6 nitrogen and oxygen atoms in total. The average molecular weight is 296 g/mol. The van der Waals surface area contributed by atoms with Crippen LogP contribution in [0.3, 0.4) is 0 Å². The molecular formula is C16H16N4O2. The molecule has 6 heteroatoms. The summed E-state index contributed by atoms with van der Waals surface area (Å²) in [5.41, 5.74) is 4.89. The van der Waals surface area contributed by atoms with Crippen molar-refractivity contribution in [1.29, 1.82) is 0 Å². The van der Waals surface area contributed by atoms with Gasteiger partial charge in [0, 0.05) is 35.1 Å². The molecule has 4 N–H and O–H groups in total. The number of H-pyrrole nitrogens is 2. The van der Waals surface area contributed by atoms with Crippen molar-refractivity contribution < 1.29 is 9.90 Å². The predicted octanol–water partition coefficient (Wildman–Crippen LogP) is 2.13. The highest BCUT2D eigenvalue weighted by Crippen LogP contribution is 2.34. The van der Waals surface area contributed by atoms with E-state index in [0.29, 0.717) is 0 Å². The smallest absolute Gasteiger partial charge is 0.352 e. The molecule has 4 rings (SSSR count). The van der Waals surface area contributed by atoms with Crippen molar-refractivity contribution in [3.63, 3.8) is 0 Å². The van der Waals surface area contributed by atoms with Crippen molar-refractivity contribution in [1.82, 2.24) is 20.3 Å². The van der Waals surface area contributed by atoms with E-state index in [1.807, 2.05) is 25.1 Å². The molecule has 0 fully saturated rings. The van der Waals surface area contributed by atoms with E-state index in [1.54, 1.807) is 6.33 Å². The first kappa shape index (κ1) is 13.1. The lowest BCUT2D eigenvalue weighted by Crippen LogP contribution is -2.31. The van der Waals surface area contributed by atoms with Gasteiger partial charge in [0.05, 0.1) is 18.1 Å². The van der Waals surface area contributed by atoms with Crippen molar-refractivity contribution in [3.8, 4) is 0 Å². The summed E-state index contributed by atoms with van der Waals surface area (Å²) in [7, 11) is 0. The number of carboxylic acid groups (broad SMARTS) is 1. The summed E-state index contributed by atoms with van der Waals surface area (Å²) < 4.78 is 0. The molecule has 1 aliphatic heterocycles. The normalized spacial score (nSPS) is 17.6. The zero-order valence-electron chi connectivity index (χ0n) is 12.1. The standard InChI is InChI=1S/C16H16N4O2/c1-8-2-3-10-9(6-8)12(15(20-10)16(21)22)14-13-11(4-5-17-14)18-7-19-13/h2-3,6-7,14,17,20H,4-5H2,1H3,(H,18,19)(H,21,22)/t14-/m1/s1. The Morgan fingerprint density at radius 1 is 1.41 bits per heavy atom. The minimum absolute atomic E-state index is 0.211. The number of benzene rings is 1. The second-order valence-electron chi connectivity index (χ2n) is 5.67. The van der Waals surface area contributed by atoms with E-state index in [4.69, 9.17) is 0 Å². The Kier molecular flexibility index (Phi) is 2.80. The first-order valence-electron chi connectivity index (χ1n) is 7.26. The number of nitrogens with one attached hydrogen (secondary N) is 3. The van der Waals surface area contributed by atoms with Gasteiger partial charge in [0.2, 0.25) is 0 Å². The van der Waals surface area contributed by atoms with Gasteiger partial charge in [-0.25, -0.2) is 9.78 Å². The number of aromatic carboxylic acids is 1. The van der Waals surface area contributed by atoms with Crippen LogP contribution in [-0.2, 0) is 6.42 Å². The van der Waals surface area contributed by atoms with E-state index in [1.165, 1.54) is 0 Å². The number of aromatic nitrogens is 3. The van der Waals surface area contributed by atoms with E-state index < -0.39 is 5.97 Å². The van der Waals surface area contributed by atoms with Gasteiger partial charge in [0.1, 0.15) is 5.69 Å². The number of hydrogen-bond donors (Lipinski definition) is 4. The fourth-order valence-electron chi connectivity index (χ4n) is 3.25. The van der Waals surface area contributed by atoms with E-state index >= 15 is 0 Å². The number of carbonyl (C=O) groups is 1. The summed E-state index contributed by atoms with van der Waals surface area (Å²) in [6.45, 7) is 2.79. The maximum atomic E-state index is 11.7. The summed E-state index contributed by atoms with van der Waals surface area (Å²) in [5, 5.41) is 13.9. The quantitative estimate of drug-likeness (QED) is 0.583. The maximum Gasteiger partial charge on any atom is 0.352 e. The Balaban J connectivity index is 2.00. The monoisotopic (exact) mass is 296 g/mol. The minimum atomic E-state index is -0.951. The molecule has 0 saturated heterocycles. The number of nitrogens with zero attached hydrogens (tertiary/aromatic N) is 1. The van der Waals surface area contributed by atoms with Crippen LogP contribution < -0.4 is 5.32 Å². The first-order chi connectivity index (χ1) is 10.6. The fraction of sp³-hybridized carbons (Fsp3) is 0.250. The molecular weight excluding hydrogens is 280 g/mol. The largest absolute Gasteiger partial charge is 0.477 e. The molecule has 0 bridgehead atoms. The summed E-state index contributed by atoms with van der Waals surface area (Å²) >= 11 is 0. The van der Waals surface area contributed by atoms with E-state index in [9.17, 15) is 9.90 Å². The highest BCUT2D eigenvalue weighted by atomic mass is 16.4. The second kappa shape index (κ2) is 4.71. The molecule has 1 atom stereocenters. The van der Waals surface area contributed by atoms with Crippen molar-refractivity contribution in [2.24, 2.45) is 0 Å². The Labute approximate surface area is 126 Å². The topological polar surface area (TPSA) is 93.8 Å². The van der Waals surface area contributed by atoms with Crippen LogP contribution in [0.2, 0.25) is 0 Å². The second-order valence-corrected chi connectivity index (χ2v) is 5.67. The molecule has 3 aromatic rings. The van der Waals surface area contributed by atoms with Gasteiger partial charge >= 0.3 is 5.97 Å². The lowest BCUT2D eigenvalue weighted by molar-refractivity contribution is 0.0689. The van der Waals surface area contributed by atoms with Crippen LogP contribution in [-0.4, -0.2) is 32.6 Å². The highest BCUT2D eigenvalue weighted by molar-refractivity contribution is 5.98. The van der Waals surface area contributed by atoms with Gasteiger partial charge in [-0.1, -0.05) is 11.6 Å². The van der Waals surface area contributed by atoms with Gasteiger partial charge in [-0.3, -0.25) is 0 Å². The molecule has 0 aliphatic carbocycles. The highest BCUT2D eigenvalue weighted by Gasteiger charge is 2.30. The molecule has 2 aromatic heterocycles. The maximum absolute atomic E-state index is 11.7. The molecule has 0 radical (unpaired) electrons. The van der Waals surface area contributed by atoms with Gasteiger partial charge in [0.25, 0.3) is 0 Å². The van der Waals surface area contributed by atoms with Gasteiger partial charge in [-0.2, -0.15) is 0 Å². The number of fused-ring (bicyclic) bond motifs is 2. The van der Waals surface area contributed by atoms with Crippen molar-refractivity contribution in [3.05, 3.63) is 52.7 Å². The zero-order chi connectivity index (χ0) is 15.3. The Bertz CT molecular complexity index is 878. The van der Waals surface area contributed by atoms with E-state index in [2.05, 4.69) is 20.3 Å². The number of carboxylic acids is 1. The minimum Gasteiger partial charge on any atom is -0.477 e. The third-order valence-corrected chi connectivity index (χ3v) is 4.25. The van der Waals surface area contributed by atoms with Gasteiger partial charge in [-0.15, -0.1) is 0 Å². The van der Waals surface area contributed by atoms with E-state index in [0.717, 1.165) is 46.4 Å². The number of imidazole rings is 1. The lowest BCUT2D eigenvalue weighted by Gasteiger charge is -2.23. The summed E-state index contributed by atoms with van der Waals surface area (Å²) in [4.78, 5) is 22.3. The number of rotatable bonds is 2. The molecule has 0 unspecified atom stereocenters. The van der Waals surface area contributed by atoms with Gasteiger partial charge in [0.15, 0.2) is 0 Å². The number of aromatic amines is 2. The average Bonchev–Trinajstić information content (AvgIpc) is 3.10. The Hall–Kier alpha value is -2.60. The Morgan fingerprint density at radius 2 is 2.27 bits per heavy atom. The number of hydrogen-bond acceptors (Lipinski definition) is 3. The molecule has 112 valence electrons. The molecule has 1 aromatic carbocycles. The molecule has 1 aliphatic rings. The third-order valence-electron chi connectivity index (χ3n) is 4.25. The van der Waals surface area contributed by atoms with Crippen LogP contribution in [0.4, 0.5) is 0 Å². The van der Waals surface area contributed by atoms with Crippen LogP contribution >= 0.6 is 0 Å². The third kappa shape index (κ3) is 1.84. The molecule has 0 amide bonds. The predicted molar refractivity (Wildman–Crippen MR) is 82.1 cm³/mol. The first-order valence-corrected chi connectivity index (χ1v) is 7.26. The van der Waals surface area contributed by atoms with Gasteiger partial charge in [-0.05, 0) is 19.1 Å². The van der Waals surface area contributed by atoms with Crippen LogP contribution in [0.1, 0.15) is 39.0 Å². The van der Waals surface area contributed by atoms with Crippen LogP contribution in [0.15, 0.2) is 24.5 Å². The lowest BCUT2D eigenvalue weighted by atomic mass is 9.94. The Morgan fingerprint density at radius 3 is 3.09 bits per heavy atom. The summed E-state index contributed by atoms with van der Waals surface area (Å²) in [6, 6.07) is 5.71. The summed E-state index contributed by atoms with van der Waals surface area (Å²) in [5.74, 6) is -0.951. The van der Waals surface area contributed by atoms with Crippen LogP contribution in [0, 0.1) is 6.92 Å². The molecule has 0 saturated carbocycles.